The fourth-order valence-corrected chi connectivity index (χ4v) is 2.61. The predicted molar refractivity (Wildman–Crippen MR) is 82.6 cm³/mol. The molecule has 0 spiro atoms. The van der Waals surface area contributed by atoms with Gasteiger partial charge in [0, 0.05) is 17.1 Å². The van der Waals surface area contributed by atoms with Gasteiger partial charge in [-0.3, -0.25) is 0 Å². The van der Waals surface area contributed by atoms with Crippen LogP contribution in [0.1, 0.15) is 42.6 Å². The molecule has 19 heavy (non-hydrogen) atoms. The summed E-state index contributed by atoms with van der Waals surface area (Å²) in [5.74, 6) is 0. The molecule has 0 radical (unpaired) electrons. The van der Waals surface area contributed by atoms with Gasteiger partial charge in [0.2, 0.25) is 0 Å². The van der Waals surface area contributed by atoms with E-state index in [0.29, 0.717) is 6.04 Å². The van der Waals surface area contributed by atoms with Crippen molar-refractivity contribution < 1.29 is 0 Å². The van der Waals surface area contributed by atoms with E-state index in [9.17, 15) is 0 Å². The van der Waals surface area contributed by atoms with Crippen molar-refractivity contribution in [2.45, 2.75) is 32.9 Å². The zero-order valence-corrected chi connectivity index (χ0v) is 12.4. The normalized spacial score (nSPS) is 14.1. The highest BCUT2D eigenvalue weighted by Crippen LogP contribution is 2.23. The van der Waals surface area contributed by atoms with Crippen molar-refractivity contribution in [2.24, 2.45) is 0 Å². The van der Waals surface area contributed by atoms with Crippen molar-refractivity contribution in [1.29, 1.82) is 0 Å². The minimum Gasteiger partial charge on any atom is -0.304 e. The van der Waals surface area contributed by atoms with Gasteiger partial charge in [-0.05, 0) is 49.6 Å². The Morgan fingerprint density at radius 3 is 2.37 bits per heavy atom. The Balaban J connectivity index is 2.11. The molecule has 2 heteroatoms. The molecule has 0 amide bonds. The molecule has 2 aromatic carbocycles. The molecule has 2 rings (SSSR count). The molecule has 0 saturated carbocycles. The lowest BCUT2D eigenvalue weighted by Crippen LogP contribution is -2.23. The van der Waals surface area contributed by atoms with Crippen LogP contribution in [0.25, 0.3) is 0 Å². The first-order valence-corrected chi connectivity index (χ1v) is 7.03. The van der Waals surface area contributed by atoms with Gasteiger partial charge >= 0.3 is 0 Å². The second kappa shape index (κ2) is 6.23. The molecule has 2 atom stereocenters. The van der Waals surface area contributed by atoms with E-state index in [-0.39, 0.29) is 6.04 Å². The summed E-state index contributed by atoms with van der Waals surface area (Å²) in [4.78, 5) is 0. The molecule has 0 aliphatic heterocycles. The van der Waals surface area contributed by atoms with Crippen LogP contribution < -0.4 is 5.32 Å². The molecule has 0 fully saturated rings. The summed E-state index contributed by atoms with van der Waals surface area (Å²) in [6.07, 6.45) is 0. The Morgan fingerprint density at radius 1 is 0.947 bits per heavy atom. The van der Waals surface area contributed by atoms with Crippen LogP contribution in [0.4, 0.5) is 0 Å². The number of benzene rings is 2. The zero-order chi connectivity index (χ0) is 13.8. The van der Waals surface area contributed by atoms with Crippen molar-refractivity contribution >= 4 is 11.6 Å². The lowest BCUT2D eigenvalue weighted by atomic mass is 10.0. The Kier molecular flexibility index (Phi) is 4.62. The second-order valence-corrected chi connectivity index (χ2v) is 5.46. The Hall–Kier alpha value is -1.31. The van der Waals surface area contributed by atoms with Crippen molar-refractivity contribution in [3.8, 4) is 0 Å². The fourth-order valence-electron chi connectivity index (χ4n) is 2.41. The van der Waals surface area contributed by atoms with E-state index in [0.717, 1.165) is 5.02 Å². The molecule has 0 aliphatic carbocycles. The maximum absolute atomic E-state index is 6.04. The quantitative estimate of drug-likeness (QED) is 0.821. The van der Waals surface area contributed by atoms with Gasteiger partial charge in [0.1, 0.15) is 0 Å². The number of hydrogen-bond donors (Lipinski definition) is 1. The molecule has 2 aromatic rings. The van der Waals surface area contributed by atoms with E-state index >= 15 is 0 Å². The zero-order valence-electron chi connectivity index (χ0n) is 11.7. The molecular formula is C17H20ClN. The van der Waals surface area contributed by atoms with Gasteiger partial charge in [0.15, 0.2) is 0 Å². The summed E-state index contributed by atoms with van der Waals surface area (Å²) < 4.78 is 0. The highest BCUT2D eigenvalue weighted by atomic mass is 35.5. The summed E-state index contributed by atoms with van der Waals surface area (Å²) in [6, 6.07) is 17.1. The molecule has 0 heterocycles. The third-order valence-electron chi connectivity index (χ3n) is 3.50. The maximum atomic E-state index is 6.04. The maximum Gasteiger partial charge on any atom is 0.0409 e. The first-order valence-electron chi connectivity index (χ1n) is 6.65. The third kappa shape index (κ3) is 3.59. The average molecular weight is 274 g/mol. The van der Waals surface area contributed by atoms with Gasteiger partial charge in [-0.15, -0.1) is 0 Å². The van der Waals surface area contributed by atoms with Crippen molar-refractivity contribution in [1.82, 2.24) is 5.32 Å². The first-order chi connectivity index (χ1) is 9.08. The van der Waals surface area contributed by atoms with E-state index in [1.807, 2.05) is 18.2 Å². The Labute approximate surface area is 120 Å². The van der Waals surface area contributed by atoms with Crippen LogP contribution in [-0.2, 0) is 0 Å². The summed E-state index contributed by atoms with van der Waals surface area (Å²) in [6.45, 7) is 6.52. The lowest BCUT2D eigenvalue weighted by Gasteiger charge is -2.22. The fraction of sp³-hybridized carbons (Fsp3) is 0.294. The molecule has 1 unspecified atom stereocenters. The van der Waals surface area contributed by atoms with Crippen molar-refractivity contribution in [3.63, 3.8) is 0 Å². The van der Waals surface area contributed by atoms with E-state index < -0.39 is 0 Å². The topological polar surface area (TPSA) is 12.0 Å². The lowest BCUT2D eigenvalue weighted by molar-refractivity contribution is 0.493. The van der Waals surface area contributed by atoms with E-state index in [2.05, 4.69) is 56.4 Å². The summed E-state index contributed by atoms with van der Waals surface area (Å²) >= 11 is 6.04. The number of rotatable bonds is 4. The summed E-state index contributed by atoms with van der Waals surface area (Å²) in [7, 11) is 0. The van der Waals surface area contributed by atoms with E-state index in [1.54, 1.807) is 0 Å². The highest BCUT2D eigenvalue weighted by molar-refractivity contribution is 6.30. The highest BCUT2D eigenvalue weighted by Gasteiger charge is 2.12. The SMILES string of the molecule is Cc1ccccc1[C@@H](C)NC(C)c1cccc(Cl)c1. The third-order valence-corrected chi connectivity index (χ3v) is 3.74. The summed E-state index contributed by atoms with van der Waals surface area (Å²) in [5, 5.41) is 4.41. The Morgan fingerprint density at radius 2 is 1.68 bits per heavy atom. The smallest absolute Gasteiger partial charge is 0.0409 e. The van der Waals surface area contributed by atoms with Gasteiger partial charge in [-0.25, -0.2) is 0 Å². The van der Waals surface area contributed by atoms with Crippen LogP contribution in [0.2, 0.25) is 5.02 Å². The molecular weight excluding hydrogens is 254 g/mol. The van der Waals surface area contributed by atoms with Gasteiger partial charge < -0.3 is 5.32 Å². The molecule has 0 aromatic heterocycles. The van der Waals surface area contributed by atoms with Crippen LogP contribution in [0, 0.1) is 6.92 Å². The van der Waals surface area contributed by atoms with Crippen LogP contribution >= 0.6 is 11.6 Å². The van der Waals surface area contributed by atoms with Gasteiger partial charge in [0.25, 0.3) is 0 Å². The second-order valence-electron chi connectivity index (χ2n) is 5.02. The van der Waals surface area contributed by atoms with Crippen LogP contribution in [0.15, 0.2) is 48.5 Å². The minimum atomic E-state index is 0.272. The van der Waals surface area contributed by atoms with Crippen LogP contribution in [0.5, 0.6) is 0 Å². The van der Waals surface area contributed by atoms with Crippen molar-refractivity contribution in [3.05, 3.63) is 70.2 Å². The van der Waals surface area contributed by atoms with E-state index in [4.69, 9.17) is 11.6 Å². The number of hydrogen-bond acceptors (Lipinski definition) is 1. The van der Waals surface area contributed by atoms with Gasteiger partial charge in [-0.2, -0.15) is 0 Å². The molecule has 0 aliphatic rings. The predicted octanol–water partition coefficient (Wildman–Crippen LogP) is 5.06. The molecule has 0 bridgehead atoms. The largest absolute Gasteiger partial charge is 0.304 e. The molecule has 100 valence electrons. The van der Waals surface area contributed by atoms with Gasteiger partial charge in [0.05, 0.1) is 0 Å². The van der Waals surface area contributed by atoms with E-state index in [1.165, 1.54) is 16.7 Å². The number of nitrogens with one attached hydrogen (secondary N) is 1. The number of aryl methyl sites for hydroxylation is 1. The van der Waals surface area contributed by atoms with Crippen molar-refractivity contribution in [2.75, 3.05) is 0 Å². The molecule has 1 N–H and O–H groups in total. The minimum absolute atomic E-state index is 0.272. The van der Waals surface area contributed by atoms with Gasteiger partial charge in [-0.1, -0.05) is 48.0 Å². The number of halogens is 1. The monoisotopic (exact) mass is 273 g/mol. The standard InChI is InChI=1S/C17H20ClN/c1-12-7-4-5-10-17(12)14(3)19-13(2)15-8-6-9-16(18)11-15/h4-11,13-14,19H,1-3H3/t13?,14-/m1/s1. The molecule has 1 nitrogen and oxygen atoms in total. The Bertz CT molecular complexity index is 550. The van der Waals surface area contributed by atoms with Crippen LogP contribution in [-0.4, -0.2) is 0 Å². The molecule has 0 saturated heterocycles. The van der Waals surface area contributed by atoms with Crippen LogP contribution in [0.3, 0.4) is 0 Å². The average Bonchev–Trinajstić information content (AvgIpc) is 2.39. The summed E-state index contributed by atoms with van der Waals surface area (Å²) in [5.41, 5.74) is 3.88. The first kappa shape index (κ1) is 14.1.